The van der Waals surface area contributed by atoms with Gasteiger partial charge in [-0.3, -0.25) is 4.79 Å². The molecule has 0 spiro atoms. The number of hydrogen-bond donors (Lipinski definition) is 2. The van der Waals surface area contributed by atoms with Gasteiger partial charge in [0.1, 0.15) is 0 Å². The summed E-state index contributed by atoms with van der Waals surface area (Å²) in [6, 6.07) is 0.0636. The van der Waals surface area contributed by atoms with E-state index >= 15 is 0 Å². The maximum Gasteiger partial charge on any atom is 0.220 e. The Morgan fingerprint density at radius 2 is 1.93 bits per heavy atom. The normalized spacial score (nSPS) is 14.7. The standard InChI is InChI=1S/C12H25NO2/c1-4-5-6-7-8-12(15)13-11(3)10(2)9-14/h10-11,14H,4-9H2,1-3H3,(H,13,15). The summed E-state index contributed by atoms with van der Waals surface area (Å²) in [4.78, 5) is 11.4. The predicted octanol–water partition coefficient (Wildman–Crippen LogP) is 2.09. The summed E-state index contributed by atoms with van der Waals surface area (Å²) < 4.78 is 0. The van der Waals surface area contributed by atoms with Gasteiger partial charge in [0, 0.05) is 19.1 Å². The zero-order valence-electron chi connectivity index (χ0n) is 10.3. The second-order valence-corrected chi connectivity index (χ2v) is 4.33. The van der Waals surface area contributed by atoms with Gasteiger partial charge in [-0.2, -0.15) is 0 Å². The number of hydrogen-bond acceptors (Lipinski definition) is 2. The van der Waals surface area contributed by atoms with Crippen molar-refractivity contribution < 1.29 is 9.90 Å². The topological polar surface area (TPSA) is 49.3 Å². The summed E-state index contributed by atoms with van der Waals surface area (Å²) in [7, 11) is 0. The second kappa shape index (κ2) is 8.72. The molecule has 0 aliphatic heterocycles. The lowest BCUT2D eigenvalue weighted by Crippen LogP contribution is -2.38. The van der Waals surface area contributed by atoms with Gasteiger partial charge in [0.2, 0.25) is 5.91 Å². The van der Waals surface area contributed by atoms with E-state index in [1.165, 1.54) is 12.8 Å². The van der Waals surface area contributed by atoms with Gasteiger partial charge >= 0.3 is 0 Å². The summed E-state index contributed by atoms with van der Waals surface area (Å²) in [5, 5.41) is 11.8. The minimum atomic E-state index is 0.0636. The Balaban J connectivity index is 3.55. The molecular formula is C12H25NO2. The first-order valence-electron chi connectivity index (χ1n) is 6.02. The van der Waals surface area contributed by atoms with Crippen LogP contribution in [0.3, 0.4) is 0 Å². The number of amides is 1. The summed E-state index contributed by atoms with van der Waals surface area (Å²) in [5.41, 5.74) is 0. The molecule has 0 bridgehead atoms. The molecule has 0 aliphatic rings. The summed E-state index contributed by atoms with van der Waals surface area (Å²) in [5.74, 6) is 0.239. The number of aliphatic hydroxyl groups excluding tert-OH is 1. The predicted molar refractivity (Wildman–Crippen MR) is 62.6 cm³/mol. The quantitative estimate of drug-likeness (QED) is 0.609. The van der Waals surface area contributed by atoms with Crippen molar-refractivity contribution in [3.05, 3.63) is 0 Å². The van der Waals surface area contributed by atoms with E-state index < -0.39 is 0 Å². The fourth-order valence-corrected chi connectivity index (χ4v) is 1.34. The lowest BCUT2D eigenvalue weighted by atomic mass is 10.0. The molecule has 2 atom stereocenters. The first kappa shape index (κ1) is 14.4. The third kappa shape index (κ3) is 7.37. The Morgan fingerprint density at radius 1 is 1.27 bits per heavy atom. The van der Waals surface area contributed by atoms with Crippen molar-refractivity contribution in [2.45, 2.75) is 58.9 Å². The van der Waals surface area contributed by atoms with Crippen LogP contribution in [0.5, 0.6) is 0 Å². The number of carbonyl (C=O) groups is 1. The maximum atomic E-state index is 11.4. The lowest BCUT2D eigenvalue weighted by Gasteiger charge is -2.19. The van der Waals surface area contributed by atoms with Gasteiger partial charge in [0.05, 0.1) is 0 Å². The molecule has 0 aromatic heterocycles. The van der Waals surface area contributed by atoms with Gasteiger partial charge in [-0.15, -0.1) is 0 Å². The molecule has 3 heteroatoms. The van der Waals surface area contributed by atoms with E-state index in [2.05, 4.69) is 12.2 Å². The van der Waals surface area contributed by atoms with Crippen molar-refractivity contribution in [2.75, 3.05) is 6.61 Å². The molecular weight excluding hydrogens is 190 g/mol. The Kier molecular flexibility index (Phi) is 8.38. The van der Waals surface area contributed by atoms with E-state index in [9.17, 15) is 4.79 Å². The Labute approximate surface area is 93.3 Å². The minimum absolute atomic E-state index is 0.0636. The van der Waals surface area contributed by atoms with Gasteiger partial charge in [0.25, 0.3) is 0 Å². The van der Waals surface area contributed by atoms with Crippen LogP contribution in [0.4, 0.5) is 0 Å². The van der Waals surface area contributed by atoms with Crippen LogP contribution in [0.1, 0.15) is 52.9 Å². The lowest BCUT2D eigenvalue weighted by molar-refractivity contribution is -0.122. The second-order valence-electron chi connectivity index (χ2n) is 4.33. The zero-order chi connectivity index (χ0) is 11.7. The molecule has 3 nitrogen and oxygen atoms in total. The number of carbonyl (C=O) groups excluding carboxylic acids is 1. The van der Waals surface area contributed by atoms with Crippen molar-refractivity contribution in [1.29, 1.82) is 0 Å². The number of aliphatic hydroxyl groups is 1. The maximum absolute atomic E-state index is 11.4. The molecule has 15 heavy (non-hydrogen) atoms. The van der Waals surface area contributed by atoms with Crippen molar-refractivity contribution in [1.82, 2.24) is 5.32 Å². The van der Waals surface area contributed by atoms with Crippen LogP contribution < -0.4 is 5.32 Å². The fourth-order valence-electron chi connectivity index (χ4n) is 1.34. The number of rotatable bonds is 8. The Bertz CT molecular complexity index is 171. The van der Waals surface area contributed by atoms with Gasteiger partial charge < -0.3 is 10.4 Å². The van der Waals surface area contributed by atoms with E-state index in [-0.39, 0.29) is 24.5 Å². The van der Waals surface area contributed by atoms with Gasteiger partial charge in [0.15, 0.2) is 0 Å². The molecule has 0 aromatic rings. The van der Waals surface area contributed by atoms with Crippen molar-refractivity contribution in [2.24, 2.45) is 5.92 Å². The highest BCUT2D eigenvalue weighted by Crippen LogP contribution is 2.04. The van der Waals surface area contributed by atoms with E-state index in [4.69, 9.17) is 5.11 Å². The fraction of sp³-hybridized carbons (Fsp3) is 0.917. The van der Waals surface area contributed by atoms with Crippen LogP contribution in [0, 0.1) is 5.92 Å². The molecule has 0 aromatic carbocycles. The largest absolute Gasteiger partial charge is 0.396 e. The highest BCUT2D eigenvalue weighted by atomic mass is 16.3. The monoisotopic (exact) mass is 215 g/mol. The van der Waals surface area contributed by atoms with Crippen molar-refractivity contribution >= 4 is 5.91 Å². The average molecular weight is 215 g/mol. The molecule has 0 radical (unpaired) electrons. The molecule has 90 valence electrons. The molecule has 0 aliphatic carbocycles. The van der Waals surface area contributed by atoms with Crippen LogP contribution in [0.15, 0.2) is 0 Å². The minimum Gasteiger partial charge on any atom is -0.396 e. The summed E-state index contributed by atoms with van der Waals surface area (Å²) in [6.07, 6.45) is 5.12. The molecule has 0 heterocycles. The van der Waals surface area contributed by atoms with Crippen molar-refractivity contribution in [3.63, 3.8) is 0 Å². The molecule has 2 N–H and O–H groups in total. The Morgan fingerprint density at radius 3 is 2.47 bits per heavy atom. The molecule has 0 saturated heterocycles. The van der Waals surface area contributed by atoms with Gasteiger partial charge in [-0.1, -0.05) is 33.1 Å². The average Bonchev–Trinajstić information content (AvgIpc) is 2.23. The molecule has 0 fully saturated rings. The highest BCUT2D eigenvalue weighted by Gasteiger charge is 2.13. The smallest absolute Gasteiger partial charge is 0.220 e. The van der Waals surface area contributed by atoms with Crippen LogP contribution in [0.2, 0.25) is 0 Å². The molecule has 0 rings (SSSR count). The zero-order valence-corrected chi connectivity index (χ0v) is 10.3. The Hall–Kier alpha value is -0.570. The third-order valence-electron chi connectivity index (χ3n) is 2.79. The molecule has 2 unspecified atom stereocenters. The van der Waals surface area contributed by atoms with Gasteiger partial charge in [-0.25, -0.2) is 0 Å². The van der Waals surface area contributed by atoms with Crippen LogP contribution >= 0.6 is 0 Å². The van der Waals surface area contributed by atoms with Crippen LogP contribution in [0.25, 0.3) is 0 Å². The van der Waals surface area contributed by atoms with E-state index in [0.717, 1.165) is 12.8 Å². The van der Waals surface area contributed by atoms with E-state index in [1.807, 2.05) is 13.8 Å². The molecule has 1 amide bonds. The molecule has 0 saturated carbocycles. The van der Waals surface area contributed by atoms with Crippen LogP contribution in [-0.4, -0.2) is 23.7 Å². The van der Waals surface area contributed by atoms with Crippen molar-refractivity contribution in [3.8, 4) is 0 Å². The summed E-state index contributed by atoms with van der Waals surface area (Å²) >= 11 is 0. The first-order chi connectivity index (χ1) is 7.11. The SMILES string of the molecule is CCCCCCC(=O)NC(C)C(C)CO. The highest BCUT2D eigenvalue weighted by molar-refractivity contribution is 5.76. The number of nitrogens with one attached hydrogen (secondary N) is 1. The van der Waals surface area contributed by atoms with E-state index in [1.54, 1.807) is 0 Å². The number of unbranched alkanes of at least 4 members (excludes halogenated alkanes) is 3. The van der Waals surface area contributed by atoms with Crippen LogP contribution in [-0.2, 0) is 4.79 Å². The third-order valence-corrected chi connectivity index (χ3v) is 2.79. The first-order valence-corrected chi connectivity index (χ1v) is 6.02. The summed E-state index contributed by atoms with van der Waals surface area (Å²) in [6.45, 7) is 6.15. The van der Waals surface area contributed by atoms with Gasteiger partial charge in [-0.05, 0) is 19.3 Å². The van der Waals surface area contributed by atoms with E-state index in [0.29, 0.717) is 6.42 Å².